The zero-order chi connectivity index (χ0) is 20.6. The Bertz CT molecular complexity index is 930. The smallest absolute Gasteiger partial charge is 0.254 e. The number of aromatic nitrogens is 1. The van der Waals surface area contributed by atoms with Crippen molar-refractivity contribution in [1.29, 1.82) is 0 Å². The number of carbonyl (C=O) groups excluding carboxylic acids is 2. The minimum atomic E-state index is -0.964. The van der Waals surface area contributed by atoms with Gasteiger partial charge < -0.3 is 10.1 Å². The molecule has 1 saturated heterocycles. The summed E-state index contributed by atoms with van der Waals surface area (Å²) in [7, 11) is 0. The van der Waals surface area contributed by atoms with Gasteiger partial charge in [0.25, 0.3) is 5.91 Å². The fraction of sp³-hybridized carbons (Fsp3) is 0.381. The Kier molecular flexibility index (Phi) is 5.30. The molecule has 1 fully saturated rings. The molecular formula is C21H22F2N2O3. The molecule has 5 nitrogen and oxygen atoms in total. The van der Waals surface area contributed by atoms with Crippen LogP contribution in [0.3, 0.4) is 0 Å². The van der Waals surface area contributed by atoms with E-state index in [1.807, 2.05) is 20.8 Å². The van der Waals surface area contributed by atoms with E-state index in [2.05, 4.69) is 10.3 Å². The highest BCUT2D eigenvalue weighted by Crippen LogP contribution is 2.46. The topological polar surface area (TPSA) is 68.3 Å². The molecule has 1 amide bonds. The summed E-state index contributed by atoms with van der Waals surface area (Å²) in [6, 6.07) is 6.70. The van der Waals surface area contributed by atoms with Gasteiger partial charge in [0.15, 0.2) is 17.4 Å². The van der Waals surface area contributed by atoms with Crippen LogP contribution in [-0.4, -0.2) is 28.4 Å². The van der Waals surface area contributed by atoms with E-state index in [9.17, 15) is 18.4 Å². The van der Waals surface area contributed by atoms with Crippen LogP contribution in [-0.2, 0) is 9.53 Å². The quantitative estimate of drug-likeness (QED) is 0.801. The zero-order valence-electron chi connectivity index (χ0n) is 16.1. The van der Waals surface area contributed by atoms with E-state index in [1.54, 1.807) is 6.07 Å². The lowest BCUT2D eigenvalue weighted by Crippen LogP contribution is -2.33. The largest absolute Gasteiger partial charge is 0.362 e. The van der Waals surface area contributed by atoms with Gasteiger partial charge in [-0.3, -0.25) is 14.6 Å². The van der Waals surface area contributed by atoms with Crippen molar-refractivity contribution in [2.75, 3.05) is 5.32 Å². The van der Waals surface area contributed by atoms with Gasteiger partial charge in [0, 0.05) is 24.7 Å². The number of nitrogens with zero attached hydrogens (tertiary/aromatic N) is 1. The van der Waals surface area contributed by atoms with E-state index < -0.39 is 35.2 Å². The van der Waals surface area contributed by atoms with Crippen molar-refractivity contribution < 1.29 is 23.1 Å². The van der Waals surface area contributed by atoms with Crippen LogP contribution in [0.25, 0.3) is 0 Å². The van der Waals surface area contributed by atoms with Crippen molar-refractivity contribution in [3.8, 4) is 0 Å². The maximum atomic E-state index is 13.8. The number of anilines is 1. The third-order valence-electron chi connectivity index (χ3n) is 5.37. The third kappa shape index (κ3) is 3.80. The number of hydrogen-bond donors (Lipinski definition) is 1. The molecule has 1 N–H and O–H groups in total. The molecule has 2 heterocycles. The molecule has 0 spiro atoms. The molecule has 1 aromatic carbocycles. The Hall–Kier alpha value is -2.67. The number of rotatable bonds is 4. The second-order valence-electron chi connectivity index (χ2n) is 7.61. The first kappa shape index (κ1) is 20.1. The molecule has 2 aromatic rings. The molecule has 148 valence electrons. The van der Waals surface area contributed by atoms with Crippen LogP contribution in [0.15, 0.2) is 36.5 Å². The number of ether oxygens (including phenoxy) is 1. The van der Waals surface area contributed by atoms with Gasteiger partial charge in [-0.05, 0) is 49.6 Å². The molecule has 3 atom stereocenters. The number of benzene rings is 1. The van der Waals surface area contributed by atoms with Crippen molar-refractivity contribution >= 4 is 17.4 Å². The second-order valence-corrected chi connectivity index (χ2v) is 7.61. The van der Waals surface area contributed by atoms with Crippen molar-refractivity contribution in [3.63, 3.8) is 0 Å². The van der Waals surface area contributed by atoms with Gasteiger partial charge >= 0.3 is 0 Å². The normalized spacial score (nSPS) is 23.4. The number of amides is 1. The molecule has 7 heteroatoms. The summed E-state index contributed by atoms with van der Waals surface area (Å²) in [5, 5.41) is 2.74. The SMILES string of the molecule is CC(=O)c1cc(NC(=O)[C@H]2OC(C)(C)[C@H](C)[C@@H]2c2ccc(F)c(F)c2)ccn1. The number of nitrogens with one attached hydrogen (secondary N) is 1. The van der Waals surface area contributed by atoms with Crippen molar-refractivity contribution in [1.82, 2.24) is 4.98 Å². The van der Waals surface area contributed by atoms with Crippen LogP contribution in [0, 0.1) is 17.6 Å². The molecule has 0 unspecified atom stereocenters. The van der Waals surface area contributed by atoms with Crippen LogP contribution in [0.2, 0.25) is 0 Å². The van der Waals surface area contributed by atoms with Crippen molar-refractivity contribution in [3.05, 3.63) is 59.4 Å². The number of halogens is 2. The lowest BCUT2D eigenvalue weighted by molar-refractivity contribution is -0.131. The lowest BCUT2D eigenvalue weighted by atomic mass is 9.78. The van der Waals surface area contributed by atoms with E-state index in [-0.39, 0.29) is 17.4 Å². The Labute approximate surface area is 162 Å². The molecule has 1 aromatic heterocycles. The third-order valence-corrected chi connectivity index (χ3v) is 5.37. The molecule has 1 aliphatic rings. The highest BCUT2D eigenvalue weighted by atomic mass is 19.2. The molecule has 0 saturated carbocycles. The Morgan fingerprint density at radius 2 is 1.86 bits per heavy atom. The first-order chi connectivity index (χ1) is 13.1. The van der Waals surface area contributed by atoms with E-state index in [1.165, 1.54) is 25.3 Å². The van der Waals surface area contributed by atoms with Crippen LogP contribution in [0.5, 0.6) is 0 Å². The van der Waals surface area contributed by atoms with Gasteiger partial charge in [0.2, 0.25) is 0 Å². The first-order valence-electron chi connectivity index (χ1n) is 9.01. The van der Waals surface area contributed by atoms with E-state index in [0.717, 1.165) is 12.1 Å². The Morgan fingerprint density at radius 1 is 1.14 bits per heavy atom. The molecule has 3 rings (SSSR count). The highest BCUT2D eigenvalue weighted by Gasteiger charge is 2.50. The number of pyridine rings is 1. The summed E-state index contributed by atoms with van der Waals surface area (Å²) in [5.41, 5.74) is 0.503. The van der Waals surface area contributed by atoms with E-state index in [0.29, 0.717) is 11.3 Å². The fourth-order valence-corrected chi connectivity index (χ4v) is 3.52. The highest BCUT2D eigenvalue weighted by molar-refractivity contribution is 5.97. The summed E-state index contributed by atoms with van der Waals surface area (Å²) >= 11 is 0. The van der Waals surface area contributed by atoms with Gasteiger partial charge in [0.1, 0.15) is 11.8 Å². The van der Waals surface area contributed by atoms with E-state index >= 15 is 0 Å². The van der Waals surface area contributed by atoms with Crippen LogP contribution < -0.4 is 5.32 Å². The summed E-state index contributed by atoms with van der Waals surface area (Å²) in [6.45, 7) is 7.02. The average molecular weight is 388 g/mol. The van der Waals surface area contributed by atoms with Gasteiger partial charge in [-0.2, -0.15) is 0 Å². The zero-order valence-corrected chi connectivity index (χ0v) is 16.1. The summed E-state index contributed by atoms with van der Waals surface area (Å²) in [6.07, 6.45) is 0.533. The van der Waals surface area contributed by atoms with E-state index in [4.69, 9.17) is 4.74 Å². The summed E-state index contributed by atoms with van der Waals surface area (Å²) < 4.78 is 33.2. The Morgan fingerprint density at radius 3 is 2.50 bits per heavy atom. The van der Waals surface area contributed by atoms with Crippen molar-refractivity contribution in [2.24, 2.45) is 5.92 Å². The molecule has 0 aliphatic carbocycles. The maximum Gasteiger partial charge on any atom is 0.254 e. The number of Topliss-reactive ketones (excluding diaryl/α,β-unsaturated/α-hetero) is 1. The van der Waals surface area contributed by atoms with Crippen LogP contribution in [0.1, 0.15) is 49.7 Å². The average Bonchev–Trinajstić information content (AvgIpc) is 2.87. The maximum absolute atomic E-state index is 13.8. The molecular weight excluding hydrogens is 366 g/mol. The molecule has 0 bridgehead atoms. The van der Waals surface area contributed by atoms with Gasteiger partial charge in [-0.25, -0.2) is 8.78 Å². The minimum absolute atomic E-state index is 0.127. The van der Waals surface area contributed by atoms with Crippen LogP contribution in [0.4, 0.5) is 14.5 Å². The predicted octanol–water partition coefficient (Wildman–Crippen LogP) is 4.10. The van der Waals surface area contributed by atoms with Crippen molar-refractivity contribution in [2.45, 2.75) is 45.3 Å². The number of carbonyl (C=O) groups is 2. The van der Waals surface area contributed by atoms with Gasteiger partial charge in [-0.15, -0.1) is 0 Å². The standard InChI is InChI=1S/C21H22F2N2O3/c1-11-18(13-5-6-15(22)16(23)9-13)19(28-21(11,3)4)20(27)25-14-7-8-24-17(10-14)12(2)26/h5-11,18-19H,1-4H3,(H,24,25,27)/t11-,18-,19+/m1/s1. The number of hydrogen-bond acceptors (Lipinski definition) is 4. The lowest BCUT2D eigenvalue weighted by Gasteiger charge is -2.24. The number of ketones is 1. The minimum Gasteiger partial charge on any atom is -0.362 e. The fourth-order valence-electron chi connectivity index (χ4n) is 3.52. The predicted molar refractivity (Wildman–Crippen MR) is 100 cm³/mol. The van der Waals surface area contributed by atoms with Gasteiger partial charge in [0.05, 0.1) is 5.60 Å². The molecule has 28 heavy (non-hydrogen) atoms. The summed E-state index contributed by atoms with van der Waals surface area (Å²) in [5.74, 6) is -3.13. The van der Waals surface area contributed by atoms with Crippen LogP contribution >= 0.6 is 0 Å². The molecule has 1 aliphatic heterocycles. The molecule has 0 radical (unpaired) electrons. The summed E-state index contributed by atoms with van der Waals surface area (Å²) in [4.78, 5) is 28.4. The van der Waals surface area contributed by atoms with Gasteiger partial charge in [-0.1, -0.05) is 13.0 Å². The Balaban J connectivity index is 1.91. The first-order valence-corrected chi connectivity index (χ1v) is 9.01. The second kappa shape index (κ2) is 7.39. The monoisotopic (exact) mass is 388 g/mol.